The fourth-order valence-electron chi connectivity index (χ4n) is 1.86. The van der Waals surface area contributed by atoms with Gasteiger partial charge in [-0.2, -0.15) is 0 Å². The molecule has 1 aromatic carbocycles. The van der Waals surface area contributed by atoms with Crippen LogP contribution in [-0.2, 0) is 4.74 Å². The van der Waals surface area contributed by atoms with Crippen LogP contribution < -0.4 is 5.73 Å². The van der Waals surface area contributed by atoms with E-state index in [0.29, 0.717) is 23.6 Å². The Labute approximate surface area is 131 Å². The van der Waals surface area contributed by atoms with Crippen molar-refractivity contribution in [3.8, 4) is 11.3 Å². The van der Waals surface area contributed by atoms with Crippen LogP contribution in [0.4, 0.5) is 5.69 Å². The van der Waals surface area contributed by atoms with Crippen molar-refractivity contribution in [3.05, 3.63) is 45.2 Å². The summed E-state index contributed by atoms with van der Waals surface area (Å²) >= 11 is 2.24. The number of hydrogen-bond donors (Lipinski definition) is 1. The fraction of sp³-hybridized carbons (Fsp3) is 0.200. The molecule has 0 fully saturated rings. The molecule has 1 heterocycles. The zero-order valence-electron chi connectivity index (χ0n) is 11.3. The van der Waals surface area contributed by atoms with Crippen LogP contribution in [-0.4, -0.2) is 17.6 Å². The number of nitrogens with zero attached hydrogens (tertiary/aromatic N) is 1. The fourth-order valence-corrected chi connectivity index (χ4v) is 2.40. The van der Waals surface area contributed by atoms with E-state index in [2.05, 4.69) is 27.6 Å². The Hall–Kier alpha value is -1.63. The van der Waals surface area contributed by atoms with E-state index in [-0.39, 0.29) is 0 Å². The number of hydrogen-bond acceptors (Lipinski definition) is 4. The molecular weight excluding hydrogens is 367 g/mol. The van der Waals surface area contributed by atoms with E-state index < -0.39 is 5.97 Å². The van der Waals surface area contributed by atoms with Crippen molar-refractivity contribution in [2.24, 2.45) is 0 Å². The first kappa shape index (κ1) is 14.8. The van der Waals surface area contributed by atoms with Gasteiger partial charge in [0.1, 0.15) is 0 Å². The van der Waals surface area contributed by atoms with Gasteiger partial charge in [0, 0.05) is 9.13 Å². The van der Waals surface area contributed by atoms with Gasteiger partial charge in [-0.3, -0.25) is 4.98 Å². The second kappa shape index (κ2) is 6.21. The minimum atomic E-state index is -0.414. The highest BCUT2D eigenvalue weighted by Crippen LogP contribution is 2.25. The molecule has 0 radical (unpaired) electrons. The lowest BCUT2D eigenvalue weighted by Crippen LogP contribution is -2.10. The van der Waals surface area contributed by atoms with Gasteiger partial charge in [-0.15, -0.1) is 0 Å². The third-order valence-corrected chi connectivity index (χ3v) is 3.54. The van der Waals surface area contributed by atoms with Gasteiger partial charge in [-0.1, -0.05) is 12.1 Å². The van der Waals surface area contributed by atoms with Gasteiger partial charge in [0.15, 0.2) is 0 Å². The topological polar surface area (TPSA) is 65.2 Å². The van der Waals surface area contributed by atoms with Crippen molar-refractivity contribution in [3.63, 3.8) is 0 Å². The number of rotatable bonds is 3. The number of esters is 1. The summed E-state index contributed by atoms with van der Waals surface area (Å²) in [4.78, 5) is 16.4. The van der Waals surface area contributed by atoms with Crippen LogP contribution in [0.15, 0.2) is 30.3 Å². The molecule has 0 bridgehead atoms. The number of carbonyl (C=O) groups excluding carboxylic acids is 1. The van der Waals surface area contributed by atoms with Crippen molar-refractivity contribution in [1.82, 2.24) is 4.98 Å². The summed E-state index contributed by atoms with van der Waals surface area (Å²) < 4.78 is 6.14. The zero-order valence-corrected chi connectivity index (χ0v) is 13.5. The van der Waals surface area contributed by atoms with E-state index in [1.165, 1.54) is 0 Å². The molecule has 1 aromatic heterocycles. The number of carbonyl (C=O) groups is 1. The summed E-state index contributed by atoms with van der Waals surface area (Å²) in [5, 5.41) is 0. The first-order valence-corrected chi connectivity index (χ1v) is 7.31. The molecule has 0 aliphatic carbocycles. The number of aromatic nitrogens is 1. The molecule has 2 aromatic rings. The molecule has 0 unspecified atom stereocenters. The molecule has 0 amide bonds. The number of benzene rings is 1. The Balaban J connectivity index is 2.53. The van der Waals surface area contributed by atoms with Crippen molar-refractivity contribution < 1.29 is 9.53 Å². The quantitative estimate of drug-likeness (QED) is 0.653. The second-order valence-corrected chi connectivity index (χ2v) is 5.53. The molecule has 0 aliphatic heterocycles. The first-order valence-electron chi connectivity index (χ1n) is 6.23. The standard InChI is InChI=1S/C15H15IN2O2/c1-3-20-15(19)12-8-13(18-9(2)14(12)17)10-5-4-6-11(16)7-10/h4-8H,3,17H2,1-2H3. The molecule has 104 valence electrons. The van der Waals surface area contributed by atoms with E-state index in [9.17, 15) is 4.79 Å². The average Bonchev–Trinajstić information content (AvgIpc) is 2.42. The summed E-state index contributed by atoms with van der Waals surface area (Å²) in [7, 11) is 0. The Morgan fingerprint density at radius 2 is 2.15 bits per heavy atom. The molecule has 4 nitrogen and oxygen atoms in total. The normalized spacial score (nSPS) is 10.3. The largest absolute Gasteiger partial charge is 0.462 e. The number of anilines is 1. The predicted molar refractivity (Wildman–Crippen MR) is 87.5 cm³/mol. The second-order valence-electron chi connectivity index (χ2n) is 4.28. The summed E-state index contributed by atoms with van der Waals surface area (Å²) in [5.41, 5.74) is 8.97. The van der Waals surface area contributed by atoms with Gasteiger partial charge < -0.3 is 10.5 Å². The SMILES string of the molecule is CCOC(=O)c1cc(-c2cccc(I)c2)nc(C)c1N. The van der Waals surface area contributed by atoms with Crippen LogP contribution in [0.1, 0.15) is 23.0 Å². The molecule has 20 heavy (non-hydrogen) atoms. The van der Waals surface area contributed by atoms with Crippen LogP contribution in [0.3, 0.4) is 0 Å². The number of ether oxygens (including phenoxy) is 1. The van der Waals surface area contributed by atoms with E-state index in [4.69, 9.17) is 10.5 Å². The van der Waals surface area contributed by atoms with Crippen molar-refractivity contribution in [2.45, 2.75) is 13.8 Å². The zero-order chi connectivity index (χ0) is 14.7. The highest BCUT2D eigenvalue weighted by Gasteiger charge is 2.16. The van der Waals surface area contributed by atoms with Gasteiger partial charge in [-0.05, 0) is 54.6 Å². The Bertz CT molecular complexity index is 656. The third-order valence-electron chi connectivity index (χ3n) is 2.86. The summed E-state index contributed by atoms with van der Waals surface area (Å²) in [6.07, 6.45) is 0. The predicted octanol–water partition coefficient (Wildman–Crippen LogP) is 3.42. The number of nitrogen functional groups attached to an aromatic ring is 1. The summed E-state index contributed by atoms with van der Waals surface area (Å²) in [5.74, 6) is -0.414. The molecular formula is C15H15IN2O2. The van der Waals surface area contributed by atoms with Crippen molar-refractivity contribution >= 4 is 34.2 Å². The highest BCUT2D eigenvalue weighted by molar-refractivity contribution is 14.1. The first-order chi connectivity index (χ1) is 9.52. The van der Waals surface area contributed by atoms with Crippen LogP contribution >= 0.6 is 22.6 Å². The number of nitrogens with two attached hydrogens (primary N) is 1. The molecule has 0 saturated heterocycles. The van der Waals surface area contributed by atoms with Crippen LogP contribution in [0, 0.1) is 10.5 Å². The Morgan fingerprint density at radius 3 is 2.80 bits per heavy atom. The van der Waals surface area contributed by atoms with Gasteiger partial charge >= 0.3 is 5.97 Å². The Morgan fingerprint density at radius 1 is 1.40 bits per heavy atom. The molecule has 0 atom stereocenters. The van der Waals surface area contributed by atoms with Gasteiger partial charge in [0.2, 0.25) is 0 Å². The summed E-state index contributed by atoms with van der Waals surface area (Å²) in [6.45, 7) is 3.87. The molecule has 0 spiro atoms. The maximum atomic E-state index is 11.9. The molecule has 5 heteroatoms. The maximum Gasteiger partial charge on any atom is 0.340 e. The number of halogens is 1. The monoisotopic (exact) mass is 382 g/mol. The average molecular weight is 382 g/mol. The lowest BCUT2D eigenvalue weighted by molar-refractivity contribution is 0.0527. The lowest BCUT2D eigenvalue weighted by Gasteiger charge is -2.10. The molecule has 0 aliphatic rings. The van der Waals surface area contributed by atoms with Gasteiger partial charge in [0.25, 0.3) is 0 Å². The summed E-state index contributed by atoms with van der Waals surface area (Å²) in [6, 6.07) is 9.60. The van der Waals surface area contributed by atoms with Crippen LogP contribution in [0.5, 0.6) is 0 Å². The van der Waals surface area contributed by atoms with Crippen LogP contribution in [0.2, 0.25) is 0 Å². The third kappa shape index (κ3) is 3.09. The van der Waals surface area contributed by atoms with Gasteiger partial charge in [-0.25, -0.2) is 4.79 Å². The number of pyridine rings is 1. The van der Waals surface area contributed by atoms with E-state index >= 15 is 0 Å². The smallest absolute Gasteiger partial charge is 0.340 e. The molecule has 0 saturated carbocycles. The molecule has 2 N–H and O–H groups in total. The number of aryl methyl sites for hydroxylation is 1. The minimum Gasteiger partial charge on any atom is -0.462 e. The lowest BCUT2D eigenvalue weighted by atomic mass is 10.1. The highest BCUT2D eigenvalue weighted by atomic mass is 127. The molecule has 2 rings (SSSR count). The Kier molecular flexibility index (Phi) is 4.59. The van der Waals surface area contributed by atoms with Gasteiger partial charge in [0.05, 0.1) is 29.2 Å². The maximum absolute atomic E-state index is 11.9. The van der Waals surface area contributed by atoms with Crippen molar-refractivity contribution in [2.75, 3.05) is 12.3 Å². The van der Waals surface area contributed by atoms with Crippen molar-refractivity contribution in [1.29, 1.82) is 0 Å². The van der Waals surface area contributed by atoms with Crippen LogP contribution in [0.25, 0.3) is 11.3 Å². The van der Waals surface area contributed by atoms with E-state index in [1.54, 1.807) is 19.9 Å². The van der Waals surface area contributed by atoms with E-state index in [1.807, 2.05) is 24.3 Å². The minimum absolute atomic E-state index is 0.318. The van der Waals surface area contributed by atoms with E-state index in [0.717, 1.165) is 14.8 Å².